The fourth-order valence-electron chi connectivity index (χ4n) is 3.46. The van der Waals surface area contributed by atoms with Crippen LogP contribution in [-0.4, -0.2) is 51.1 Å². The zero-order valence-corrected chi connectivity index (χ0v) is 21.0. The second-order valence-corrected chi connectivity index (χ2v) is 9.41. The summed E-state index contributed by atoms with van der Waals surface area (Å²) in [6, 6.07) is 6.90. The molecule has 1 aliphatic rings. The first-order valence-electron chi connectivity index (χ1n) is 11.9. The third kappa shape index (κ3) is 6.60. The molecule has 0 aromatic carbocycles. The number of anilines is 2. The average molecular weight is 490 g/mol. The van der Waals surface area contributed by atoms with Gasteiger partial charge >= 0.3 is 6.03 Å². The molecule has 0 radical (unpaired) electrons. The van der Waals surface area contributed by atoms with Gasteiger partial charge in [-0.3, -0.25) is 9.78 Å². The Morgan fingerprint density at radius 1 is 1.08 bits per heavy atom. The van der Waals surface area contributed by atoms with Gasteiger partial charge in [-0.05, 0) is 64.3 Å². The number of nitrogens with one attached hydrogen (secondary N) is 3. The van der Waals surface area contributed by atoms with Crippen molar-refractivity contribution >= 4 is 23.4 Å². The SMILES string of the molecule is COC(C)(C)CCNC(=O)Nc1cnc(C)c(-c2nccc(-c3ccnc(NC(=O)C4CC4)c3)n2)c1. The third-order valence-corrected chi connectivity index (χ3v) is 6.06. The monoisotopic (exact) mass is 489 g/mol. The number of methoxy groups -OCH3 is 1. The summed E-state index contributed by atoms with van der Waals surface area (Å²) in [6.45, 7) is 6.26. The fourth-order valence-corrected chi connectivity index (χ4v) is 3.46. The van der Waals surface area contributed by atoms with E-state index in [-0.39, 0.29) is 23.5 Å². The van der Waals surface area contributed by atoms with E-state index >= 15 is 0 Å². The first-order chi connectivity index (χ1) is 17.2. The van der Waals surface area contributed by atoms with E-state index in [1.807, 2.05) is 26.8 Å². The van der Waals surface area contributed by atoms with Crippen LogP contribution in [-0.2, 0) is 9.53 Å². The number of carbonyl (C=O) groups excluding carboxylic acids is 2. The highest BCUT2D eigenvalue weighted by molar-refractivity contribution is 5.93. The maximum atomic E-state index is 12.4. The molecule has 4 rings (SSSR count). The highest BCUT2D eigenvalue weighted by Gasteiger charge is 2.29. The van der Waals surface area contributed by atoms with Crippen molar-refractivity contribution in [3.8, 4) is 22.6 Å². The molecule has 36 heavy (non-hydrogen) atoms. The molecule has 0 atom stereocenters. The Bertz CT molecular complexity index is 1260. The lowest BCUT2D eigenvalue weighted by Crippen LogP contribution is -2.34. The molecule has 3 heterocycles. The van der Waals surface area contributed by atoms with Gasteiger partial charge in [0, 0.05) is 48.8 Å². The Balaban J connectivity index is 1.48. The molecule has 0 saturated heterocycles. The third-order valence-electron chi connectivity index (χ3n) is 6.06. The van der Waals surface area contributed by atoms with E-state index in [9.17, 15) is 9.59 Å². The van der Waals surface area contributed by atoms with E-state index in [2.05, 4.69) is 30.9 Å². The minimum absolute atomic E-state index is 0.000451. The normalized spacial score (nSPS) is 13.2. The van der Waals surface area contributed by atoms with Crippen molar-refractivity contribution in [1.29, 1.82) is 0 Å². The van der Waals surface area contributed by atoms with Gasteiger partial charge in [-0.15, -0.1) is 0 Å². The molecule has 3 aromatic rings. The summed E-state index contributed by atoms with van der Waals surface area (Å²) in [6.07, 6.45) is 7.44. The predicted octanol–water partition coefficient (Wildman–Crippen LogP) is 4.19. The molecule has 3 aromatic heterocycles. The molecule has 0 spiro atoms. The van der Waals surface area contributed by atoms with Crippen LogP contribution in [0.2, 0.25) is 0 Å². The molecule has 10 nitrogen and oxygen atoms in total. The summed E-state index contributed by atoms with van der Waals surface area (Å²) < 4.78 is 5.37. The predicted molar refractivity (Wildman–Crippen MR) is 137 cm³/mol. The summed E-state index contributed by atoms with van der Waals surface area (Å²) in [5.41, 5.74) is 3.13. The van der Waals surface area contributed by atoms with Gasteiger partial charge in [-0.1, -0.05) is 0 Å². The molecule has 10 heteroatoms. The highest BCUT2D eigenvalue weighted by atomic mass is 16.5. The molecule has 0 aliphatic heterocycles. The van der Waals surface area contributed by atoms with Crippen LogP contribution in [0.5, 0.6) is 0 Å². The number of aromatic nitrogens is 4. The van der Waals surface area contributed by atoms with E-state index in [0.717, 1.165) is 24.1 Å². The van der Waals surface area contributed by atoms with Crippen molar-refractivity contribution in [2.75, 3.05) is 24.3 Å². The fraction of sp³-hybridized carbons (Fsp3) is 0.385. The lowest BCUT2D eigenvalue weighted by molar-refractivity contribution is -0.117. The first-order valence-corrected chi connectivity index (χ1v) is 11.9. The van der Waals surface area contributed by atoms with E-state index in [4.69, 9.17) is 9.72 Å². The van der Waals surface area contributed by atoms with Crippen LogP contribution >= 0.6 is 0 Å². The first kappa shape index (κ1) is 25.2. The van der Waals surface area contributed by atoms with Gasteiger partial charge in [0.2, 0.25) is 5.91 Å². The van der Waals surface area contributed by atoms with Gasteiger partial charge < -0.3 is 20.7 Å². The molecule has 1 fully saturated rings. The minimum atomic E-state index is -0.328. The van der Waals surface area contributed by atoms with Crippen LogP contribution in [0.1, 0.15) is 38.8 Å². The van der Waals surface area contributed by atoms with Gasteiger partial charge in [-0.25, -0.2) is 19.7 Å². The van der Waals surface area contributed by atoms with Crippen LogP contribution in [0.3, 0.4) is 0 Å². The molecule has 0 bridgehead atoms. The molecule has 0 unspecified atom stereocenters. The number of amides is 3. The molecule has 188 valence electrons. The lowest BCUT2D eigenvalue weighted by atomic mass is 10.1. The Hall–Kier alpha value is -3.92. The van der Waals surface area contributed by atoms with Crippen LogP contribution in [0.25, 0.3) is 22.6 Å². The standard InChI is InChI=1S/C26H31N7O3/c1-16-20(14-19(15-30-16)31-25(35)29-12-9-26(2,3)36-4)23-28-11-8-21(32-23)18-7-10-27-22(13-18)33-24(34)17-5-6-17/h7-8,10-11,13-15,17H,5-6,9,12H2,1-4H3,(H,27,33,34)(H2,29,31,35). The minimum Gasteiger partial charge on any atom is -0.379 e. The Labute approximate surface area is 210 Å². The number of urea groups is 1. The average Bonchev–Trinajstić information content (AvgIpc) is 3.71. The van der Waals surface area contributed by atoms with Crippen molar-refractivity contribution in [3.05, 3.63) is 48.5 Å². The Morgan fingerprint density at radius 3 is 2.61 bits per heavy atom. The smallest absolute Gasteiger partial charge is 0.319 e. The van der Waals surface area contributed by atoms with E-state index in [1.165, 1.54) is 0 Å². The highest BCUT2D eigenvalue weighted by Crippen LogP contribution is 2.30. The van der Waals surface area contributed by atoms with Gasteiger partial charge in [0.05, 0.1) is 23.2 Å². The number of aryl methyl sites for hydroxylation is 1. The molecular weight excluding hydrogens is 458 g/mol. The molecule has 3 amide bonds. The lowest BCUT2D eigenvalue weighted by Gasteiger charge is -2.22. The van der Waals surface area contributed by atoms with Gasteiger partial charge in [0.25, 0.3) is 0 Å². The Morgan fingerprint density at radius 2 is 1.86 bits per heavy atom. The van der Waals surface area contributed by atoms with Crippen LogP contribution in [0.15, 0.2) is 42.9 Å². The summed E-state index contributed by atoms with van der Waals surface area (Å²) in [4.78, 5) is 42.3. The number of hydrogen-bond acceptors (Lipinski definition) is 7. The topological polar surface area (TPSA) is 131 Å². The molecule has 1 saturated carbocycles. The Kier molecular flexibility index (Phi) is 7.54. The van der Waals surface area contributed by atoms with Gasteiger partial charge in [0.15, 0.2) is 5.82 Å². The summed E-state index contributed by atoms with van der Waals surface area (Å²) in [5, 5.41) is 8.51. The summed E-state index contributed by atoms with van der Waals surface area (Å²) >= 11 is 0. The number of pyridine rings is 2. The zero-order chi connectivity index (χ0) is 25.7. The maximum Gasteiger partial charge on any atom is 0.319 e. The number of carbonyl (C=O) groups is 2. The summed E-state index contributed by atoms with van der Waals surface area (Å²) in [5.74, 6) is 1.06. The largest absolute Gasteiger partial charge is 0.379 e. The quantitative estimate of drug-likeness (QED) is 0.411. The van der Waals surface area contributed by atoms with Crippen molar-refractivity contribution in [2.24, 2.45) is 5.92 Å². The molecular formula is C26H31N7O3. The molecule has 1 aliphatic carbocycles. The van der Waals surface area contributed by atoms with Crippen molar-refractivity contribution in [3.63, 3.8) is 0 Å². The zero-order valence-electron chi connectivity index (χ0n) is 21.0. The maximum absolute atomic E-state index is 12.4. The molecule has 3 N–H and O–H groups in total. The van der Waals surface area contributed by atoms with E-state index in [0.29, 0.717) is 41.6 Å². The van der Waals surface area contributed by atoms with Crippen molar-refractivity contribution < 1.29 is 14.3 Å². The van der Waals surface area contributed by atoms with Gasteiger partial charge in [0.1, 0.15) is 5.82 Å². The van der Waals surface area contributed by atoms with E-state index < -0.39 is 0 Å². The number of rotatable bonds is 9. The van der Waals surface area contributed by atoms with Crippen LogP contribution in [0.4, 0.5) is 16.3 Å². The summed E-state index contributed by atoms with van der Waals surface area (Å²) in [7, 11) is 1.65. The van der Waals surface area contributed by atoms with Crippen LogP contribution in [0, 0.1) is 12.8 Å². The second kappa shape index (κ2) is 10.8. The second-order valence-electron chi connectivity index (χ2n) is 9.41. The van der Waals surface area contributed by atoms with Crippen molar-refractivity contribution in [2.45, 2.75) is 45.6 Å². The number of ether oxygens (including phenoxy) is 1. The van der Waals surface area contributed by atoms with Crippen LogP contribution < -0.4 is 16.0 Å². The number of nitrogens with zero attached hydrogens (tertiary/aromatic N) is 4. The van der Waals surface area contributed by atoms with Crippen molar-refractivity contribution in [1.82, 2.24) is 25.3 Å². The number of hydrogen-bond donors (Lipinski definition) is 3. The van der Waals surface area contributed by atoms with E-state index in [1.54, 1.807) is 43.9 Å². The van der Waals surface area contributed by atoms with Gasteiger partial charge in [-0.2, -0.15) is 0 Å².